The summed E-state index contributed by atoms with van der Waals surface area (Å²) in [5.41, 5.74) is 5.91. The molecule has 1 N–H and O–H groups in total. The molecule has 0 spiro atoms. The van der Waals surface area contributed by atoms with E-state index < -0.39 is 0 Å². The molecule has 0 fully saturated rings. The van der Waals surface area contributed by atoms with Crippen molar-refractivity contribution in [3.8, 4) is 16.9 Å². The van der Waals surface area contributed by atoms with E-state index >= 15 is 0 Å². The maximum Gasteiger partial charge on any atom is 0.143 e. The predicted molar refractivity (Wildman–Crippen MR) is 132 cm³/mol. The van der Waals surface area contributed by atoms with Crippen LogP contribution in [0.4, 0.5) is 11.5 Å². The number of thiophene rings is 1. The van der Waals surface area contributed by atoms with Gasteiger partial charge in [-0.1, -0.05) is 49.9 Å². The normalized spacial score (nSPS) is 11.1. The number of aromatic nitrogens is 2. The molecule has 2 aromatic heterocycles. The summed E-state index contributed by atoms with van der Waals surface area (Å²) < 4.78 is 5.86. The molecule has 31 heavy (non-hydrogen) atoms. The number of ether oxygens (including phenoxy) is 1. The highest BCUT2D eigenvalue weighted by atomic mass is 32.1. The summed E-state index contributed by atoms with van der Waals surface area (Å²) in [6.45, 7) is 7.27. The number of hydrogen-bond donors (Lipinski definition) is 1. The van der Waals surface area contributed by atoms with E-state index in [0.29, 0.717) is 0 Å². The monoisotopic (exact) mass is 431 g/mol. The van der Waals surface area contributed by atoms with Crippen LogP contribution in [0.5, 0.6) is 5.75 Å². The molecule has 4 rings (SSSR count). The fourth-order valence-corrected chi connectivity index (χ4v) is 4.68. The molecule has 4 aromatic rings. The van der Waals surface area contributed by atoms with Crippen LogP contribution in [-0.2, 0) is 0 Å². The van der Waals surface area contributed by atoms with Gasteiger partial charge in [0.2, 0.25) is 0 Å². The van der Waals surface area contributed by atoms with Crippen LogP contribution in [0.15, 0.2) is 54.2 Å². The summed E-state index contributed by atoms with van der Waals surface area (Å²) in [7, 11) is 0. The third kappa shape index (κ3) is 5.05. The number of nitrogens with zero attached hydrogens (tertiary/aromatic N) is 2. The first-order valence-electron chi connectivity index (χ1n) is 11.0. The first kappa shape index (κ1) is 21.3. The van der Waals surface area contributed by atoms with Crippen molar-refractivity contribution in [1.82, 2.24) is 9.97 Å². The average molecular weight is 432 g/mol. The highest BCUT2D eigenvalue weighted by molar-refractivity contribution is 7.17. The minimum absolute atomic E-state index is 0.771. The van der Waals surface area contributed by atoms with Gasteiger partial charge < -0.3 is 10.1 Å². The molecule has 5 heteroatoms. The summed E-state index contributed by atoms with van der Waals surface area (Å²) in [6.07, 6.45) is 6.47. The molecule has 4 nitrogen and oxygen atoms in total. The van der Waals surface area contributed by atoms with Crippen LogP contribution >= 0.6 is 11.3 Å². The number of nitrogens with one attached hydrogen (secondary N) is 1. The van der Waals surface area contributed by atoms with Crippen LogP contribution < -0.4 is 10.1 Å². The SMILES string of the molecule is CCCCCCOc1ccc(Nc2ncnc3scc(-c4ccc(C)cc4C)c23)cc1. The Morgan fingerprint density at radius 2 is 1.77 bits per heavy atom. The Morgan fingerprint density at radius 1 is 0.935 bits per heavy atom. The predicted octanol–water partition coefficient (Wildman–Crippen LogP) is 7.68. The van der Waals surface area contributed by atoms with E-state index in [1.54, 1.807) is 17.7 Å². The molecule has 2 heterocycles. The van der Waals surface area contributed by atoms with Crippen molar-refractivity contribution in [3.63, 3.8) is 0 Å². The van der Waals surface area contributed by atoms with E-state index in [-0.39, 0.29) is 0 Å². The minimum Gasteiger partial charge on any atom is -0.494 e. The number of hydrogen-bond acceptors (Lipinski definition) is 5. The second-order valence-electron chi connectivity index (χ2n) is 7.93. The Balaban J connectivity index is 1.54. The zero-order valence-electron chi connectivity index (χ0n) is 18.4. The lowest BCUT2D eigenvalue weighted by Crippen LogP contribution is -1.98. The largest absolute Gasteiger partial charge is 0.494 e. The molecule has 0 aliphatic carbocycles. The van der Waals surface area contributed by atoms with Crippen molar-refractivity contribution in [2.45, 2.75) is 46.5 Å². The highest BCUT2D eigenvalue weighted by Crippen LogP contribution is 2.38. The van der Waals surface area contributed by atoms with Crippen molar-refractivity contribution < 1.29 is 4.74 Å². The Hall–Kier alpha value is -2.92. The number of anilines is 2. The average Bonchev–Trinajstić information content (AvgIpc) is 3.20. The van der Waals surface area contributed by atoms with Gasteiger partial charge in [-0.25, -0.2) is 9.97 Å². The molecule has 0 bridgehead atoms. The molecule has 0 unspecified atom stereocenters. The third-order valence-corrected chi connectivity index (χ3v) is 6.31. The van der Waals surface area contributed by atoms with Crippen molar-refractivity contribution in [2.24, 2.45) is 0 Å². The van der Waals surface area contributed by atoms with E-state index in [1.807, 2.05) is 24.3 Å². The van der Waals surface area contributed by atoms with Gasteiger partial charge >= 0.3 is 0 Å². The van der Waals surface area contributed by atoms with E-state index in [1.165, 1.54) is 41.5 Å². The maximum atomic E-state index is 5.86. The van der Waals surface area contributed by atoms with Gasteiger partial charge in [-0.15, -0.1) is 11.3 Å². The standard InChI is InChI=1S/C26H29N3OS/c1-4-5-6-7-14-30-21-11-9-20(10-12-21)29-25-24-23(16-31-26(24)28-17-27-25)22-13-8-18(2)15-19(22)3/h8-13,15-17H,4-7,14H2,1-3H3,(H,27,28,29). The topological polar surface area (TPSA) is 47.0 Å². The molecular formula is C26H29N3OS. The molecule has 0 amide bonds. The van der Waals surface area contributed by atoms with E-state index in [9.17, 15) is 0 Å². The summed E-state index contributed by atoms with van der Waals surface area (Å²) in [5, 5.41) is 6.73. The van der Waals surface area contributed by atoms with Gasteiger partial charge in [0, 0.05) is 16.6 Å². The lowest BCUT2D eigenvalue weighted by Gasteiger charge is -2.11. The smallest absolute Gasteiger partial charge is 0.143 e. The fourth-order valence-electron chi connectivity index (χ4n) is 3.77. The molecule has 0 atom stereocenters. The van der Waals surface area contributed by atoms with Gasteiger partial charge in [0.25, 0.3) is 0 Å². The Labute approximate surface area is 188 Å². The van der Waals surface area contributed by atoms with E-state index in [4.69, 9.17) is 4.74 Å². The first-order valence-corrected chi connectivity index (χ1v) is 11.8. The van der Waals surface area contributed by atoms with Crippen LogP contribution in [0.3, 0.4) is 0 Å². The van der Waals surface area contributed by atoms with E-state index in [0.717, 1.165) is 40.5 Å². The van der Waals surface area contributed by atoms with Gasteiger partial charge in [0.05, 0.1) is 12.0 Å². The number of unbranched alkanes of at least 4 members (excludes halogenated alkanes) is 3. The molecule has 0 aliphatic heterocycles. The molecule has 0 radical (unpaired) electrons. The van der Waals surface area contributed by atoms with Gasteiger partial charge in [0.15, 0.2) is 0 Å². The number of fused-ring (bicyclic) bond motifs is 1. The van der Waals surface area contributed by atoms with Gasteiger partial charge in [-0.3, -0.25) is 0 Å². The molecule has 0 saturated carbocycles. The lowest BCUT2D eigenvalue weighted by atomic mass is 9.99. The van der Waals surface area contributed by atoms with Crippen molar-refractivity contribution >= 4 is 33.1 Å². The molecule has 0 aliphatic rings. The number of aryl methyl sites for hydroxylation is 2. The summed E-state index contributed by atoms with van der Waals surface area (Å²) >= 11 is 1.65. The Bertz CT molecular complexity index is 1150. The fraction of sp³-hybridized carbons (Fsp3) is 0.308. The second-order valence-corrected chi connectivity index (χ2v) is 8.79. The number of benzene rings is 2. The Kier molecular flexibility index (Phi) is 6.82. The third-order valence-electron chi connectivity index (χ3n) is 5.43. The van der Waals surface area contributed by atoms with Crippen LogP contribution in [0.1, 0.15) is 43.7 Å². The van der Waals surface area contributed by atoms with Gasteiger partial charge in [-0.05, 0) is 55.7 Å². The zero-order chi connectivity index (χ0) is 21.6. The van der Waals surface area contributed by atoms with Crippen molar-refractivity contribution in [1.29, 1.82) is 0 Å². The van der Waals surface area contributed by atoms with E-state index in [2.05, 4.69) is 59.6 Å². The van der Waals surface area contributed by atoms with Crippen molar-refractivity contribution in [2.75, 3.05) is 11.9 Å². The van der Waals surface area contributed by atoms with Crippen LogP contribution in [0, 0.1) is 13.8 Å². The minimum atomic E-state index is 0.771. The van der Waals surface area contributed by atoms with Crippen LogP contribution in [0.25, 0.3) is 21.3 Å². The molecule has 0 saturated heterocycles. The van der Waals surface area contributed by atoms with Crippen LogP contribution in [-0.4, -0.2) is 16.6 Å². The second kappa shape index (κ2) is 9.92. The summed E-state index contributed by atoms with van der Waals surface area (Å²) in [4.78, 5) is 10.0. The first-order chi connectivity index (χ1) is 15.2. The summed E-state index contributed by atoms with van der Waals surface area (Å²) in [6, 6.07) is 14.7. The zero-order valence-corrected chi connectivity index (χ0v) is 19.3. The van der Waals surface area contributed by atoms with Crippen molar-refractivity contribution in [3.05, 3.63) is 65.3 Å². The maximum absolute atomic E-state index is 5.86. The highest BCUT2D eigenvalue weighted by Gasteiger charge is 2.15. The lowest BCUT2D eigenvalue weighted by molar-refractivity contribution is 0.305. The van der Waals surface area contributed by atoms with Crippen LogP contribution in [0.2, 0.25) is 0 Å². The summed E-state index contributed by atoms with van der Waals surface area (Å²) in [5.74, 6) is 1.73. The quantitative estimate of drug-likeness (QED) is 0.276. The molecule has 2 aromatic carbocycles. The Morgan fingerprint density at radius 3 is 2.55 bits per heavy atom. The van der Waals surface area contributed by atoms with Gasteiger partial charge in [0.1, 0.15) is 22.7 Å². The number of rotatable bonds is 9. The van der Waals surface area contributed by atoms with Gasteiger partial charge in [-0.2, -0.15) is 0 Å². The molecular weight excluding hydrogens is 402 g/mol. The molecule has 160 valence electrons.